The molecule has 2 unspecified atom stereocenters. The molecule has 5 N–H and O–H groups in total. The summed E-state index contributed by atoms with van der Waals surface area (Å²) in [4.78, 5) is 11.7. The highest BCUT2D eigenvalue weighted by Gasteiger charge is 2.19. The highest BCUT2D eigenvalue weighted by Crippen LogP contribution is 2.20. The molecule has 0 aliphatic carbocycles. The minimum atomic E-state index is -1.28. The van der Waals surface area contributed by atoms with E-state index in [9.17, 15) is 15.2 Å². The summed E-state index contributed by atoms with van der Waals surface area (Å²) >= 11 is 0. The molecular weight excluding hydrogens is 254 g/mol. The van der Waals surface area contributed by atoms with Crippen molar-refractivity contribution < 1.29 is 25.7 Å². The normalized spacial score (nSPS) is 13.7. The molecule has 0 aliphatic heterocycles. The molecule has 0 heterocycles. The molecule has 8 heteroatoms. The summed E-state index contributed by atoms with van der Waals surface area (Å²) in [5.41, 5.74) is -0.310. The molecule has 2 atom stereocenters. The smallest absolute Gasteiger partial charge is 0.251 e. The summed E-state index contributed by atoms with van der Waals surface area (Å²) < 4.78 is 0. The highest BCUT2D eigenvalue weighted by atomic mass is 16.8. The van der Waals surface area contributed by atoms with Gasteiger partial charge >= 0.3 is 0 Å². The Balaban J connectivity index is 3.26. The van der Waals surface area contributed by atoms with Crippen LogP contribution in [-0.2, 0) is 0 Å². The van der Waals surface area contributed by atoms with Crippen molar-refractivity contribution in [2.45, 2.75) is 6.92 Å². The maximum absolute atomic E-state index is 11.7. The van der Waals surface area contributed by atoms with Gasteiger partial charge < -0.3 is 15.7 Å². The summed E-state index contributed by atoms with van der Waals surface area (Å²) in [7, 11) is 0. The average Bonchev–Trinajstić information content (AvgIpc) is 2.35. The Hall–Kier alpha value is -1.81. The molecule has 1 amide bonds. The Kier molecular flexibility index (Phi) is 5.12. The van der Waals surface area contributed by atoms with Crippen LogP contribution in [0.5, 0.6) is 0 Å². The van der Waals surface area contributed by atoms with Crippen molar-refractivity contribution >= 4 is 17.3 Å². The maximum atomic E-state index is 11.7. The topological polar surface area (TPSA) is 125 Å². The van der Waals surface area contributed by atoms with E-state index >= 15 is 0 Å². The predicted octanol–water partition coefficient (Wildman–Crippen LogP) is -1.28. The second kappa shape index (κ2) is 6.38. The van der Waals surface area contributed by atoms with E-state index in [0.29, 0.717) is 0 Å². The monoisotopic (exact) mass is 269 g/mol. The standard InChI is InChI=1S/C11H15N3O5/c1-3-4-12-11(15)8-5-9(13(16)17)7(2)10(6-8)14(18)19/h3,5-6,13-14,16,18H,1,4H2,2H3,(H,12,15). The molecule has 0 fully saturated rings. The van der Waals surface area contributed by atoms with Gasteiger partial charge in [-0.2, -0.15) is 10.5 Å². The number of quaternary nitrogens is 2. The van der Waals surface area contributed by atoms with E-state index in [4.69, 9.17) is 10.4 Å². The van der Waals surface area contributed by atoms with Gasteiger partial charge in [-0.1, -0.05) is 6.08 Å². The van der Waals surface area contributed by atoms with Crippen LogP contribution in [0.25, 0.3) is 0 Å². The number of carbonyl (C=O) groups is 1. The quantitative estimate of drug-likeness (QED) is 0.336. The number of carbonyl (C=O) groups excluding carboxylic acids is 1. The van der Waals surface area contributed by atoms with Gasteiger partial charge in [-0.25, -0.2) is 10.4 Å². The van der Waals surface area contributed by atoms with Gasteiger partial charge in [-0.3, -0.25) is 4.79 Å². The molecule has 0 bridgehead atoms. The number of benzene rings is 1. The Morgan fingerprint density at radius 3 is 2.21 bits per heavy atom. The van der Waals surface area contributed by atoms with Gasteiger partial charge in [0.2, 0.25) is 0 Å². The van der Waals surface area contributed by atoms with E-state index in [-0.39, 0.29) is 29.0 Å². The molecule has 1 rings (SSSR count). The van der Waals surface area contributed by atoms with Crippen LogP contribution in [0.15, 0.2) is 24.8 Å². The third-order valence-corrected chi connectivity index (χ3v) is 2.54. The zero-order valence-electron chi connectivity index (χ0n) is 10.3. The fourth-order valence-electron chi connectivity index (χ4n) is 1.56. The minimum absolute atomic E-state index is 0.0118. The molecule has 104 valence electrons. The van der Waals surface area contributed by atoms with Gasteiger partial charge in [0.15, 0.2) is 11.4 Å². The van der Waals surface area contributed by atoms with Crippen LogP contribution in [0.2, 0.25) is 0 Å². The third-order valence-electron chi connectivity index (χ3n) is 2.54. The Bertz CT molecular complexity index is 458. The third kappa shape index (κ3) is 3.58. The lowest BCUT2D eigenvalue weighted by atomic mass is 10.1. The van der Waals surface area contributed by atoms with Gasteiger partial charge in [0.1, 0.15) is 0 Å². The molecule has 1 aromatic carbocycles. The second-order valence-electron chi connectivity index (χ2n) is 3.81. The van der Waals surface area contributed by atoms with Crippen LogP contribution >= 0.6 is 0 Å². The fraction of sp³-hybridized carbons (Fsp3) is 0.182. The summed E-state index contributed by atoms with van der Waals surface area (Å²) in [6.45, 7) is 5.02. The number of rotatable bonds is 5. The van der Waals surface area contributed by atoms with Crippen LogP contribution in [0.4, 0.5) is 11.4 Å². The molecular formula is C11H15N3O5. The zero-order chi connectivity index (χ0) is 14.6. The molecule has 0 spiro atoms. The summed E-state index contributed by atoms with van der Waals surface area (Å²) in [5.74, 6) is -0.551. The van der Waals surface area contributed by atoms with E-state index in [1.54, 1.807) is 0 Å². The molecule has 0 saturated carbocycles. The first-order valence-corrected chi connectivity index (χ1v) is 5.38. The van der Waals surface area contributed by atoms with E-state index in [1.165, 1.54) is 13.0 Å². The van der Waals surface area contributed by atoms with Gasteiger partial charge in [0, 0.05) is 18.7 Å². The van der Waals surface area contributed by atoms with Gasteiger partial charge in [-0.05, 0) is 6.92 Å². The number of amides is 1. The Morgan fingerprint density at radius 1 is 1.37 bits per heavy atom. The second-order valence-corrected chi connectivity index (χ2v) is 3.81. The molecule has 1 aromatic rings. The molecule has 0 aromatic heterocycles. The Labute approximate surface area is 109 Å². The van der Waals surface area contributed by atoms with Crippen LogP contribution < -0.4 is 15.8 Å². The largest absolute Gasteiger partial charge is 0.595 e. The van der Waals surface area contributed by atoms with Crippen molar-refractivity contribution in [1.82, 2.24) is 5.32 Å². The van der Waals surface area contributed by atoms with Gasteiger partial charge in [0.25, 0.3) is 5.91 Å². The van der Waals surface area contributed by atoms with Crippen LogP contribution in [-0.4, -0.2) is 22.9 Å². The minimum Gasteiger partial charge on any atom is -0.595 e. The van der Waals surface area contributed by atoms with Crippen LogP contribution in [0, 0.1) is 17.3 Å². The van der Waals surface area contributed by atoms with E-state index < -0.39 is 16.4 Å². The number of hydrogen-bond donors (Lipinski definition) is 5. The molecule has 0 radical (unpaired) electrons. The summed E-state index contributed by atoms with van der Waals surface area (Å²) in [6, 6.07) is 2.31. The fourth-order valence-corrected chi connectivity index (χ4v) is 1.56. The highest BCUT2D eigenvalue weighted by molar-refractivity contribution is 5.96. The average molecular weight is 269 g/mol. The SMILES string of the molecule is C=CCNC(=O)c1cc([NH+]([O-])O)c(C)c([NH+]([O-])O)c1. The summed E-state index contributed by atoms with van der Waals surface area (Å²) in [5, 5.41) is 40.0. The van der Waals surface area contributed by atoms with Gasteiger partial charge in [0.05, 0.1) is 11.1 Å². The van der Waals surface area contributed by atoms with Crippen molar-refractivity contribution in [3.05, 3.63) is 46.3 Å². The van der Waals surface area contributed by atoms with Crippen molar-refractivity contribution in [2.75, 3.05) is 6.54 Å². The molecule has 0 saturated heterocycles. The van der Waals surface area contributed by atoms with E-state index in [2.05, 4.69) is 11.9 Å². The van der Waals surface area contributed by atoms with Crippen LogP contribution in [0.3, 0.4) is 0 Å². The summed E-state index contributed by atoms with van der Waals surface area (Å²) in [6.07, 6.45) is 1.46. The van der Waals surface area contributed by atoms with E-state index in [0.717, 1.165) is 12.1 Å². The van der Waals surface area contributed by atoms with Crippen molar-refractivity contribution in [3.63, 3.8) is 0 Å². The molecule has 8 nitrogen and oxygen atoms in total. The molecule has 19 heavy (non-hydrogen) atoms. The molecule has 0 aliphatic rings. The first kappa shape index (κ1) is 15.2. The van der Waals surface area contributed by atoms with Crippen molar-refractivity contribution in [2.24, 2.45) is 0 Å². The first-order valence-electron chi connectivity index (χ1n) is 5.38. The number of hydrogen-bond acceptors (Lipinski definition) is 5. The zero-order valence-corrected chi connectivity index (χ0v) is 10.3. The van der Waals surface area contributed by atoms with Gasteiger partial charge in [-0.15, -0.1) is 6.58 Å². The van der Waals surface area contributed by atoms with Crippen molar-refractivity contribution in [1.29, 1.82) is 0 Å². The lowest BCUT2D eigenvalue weighted by Gasteiger charge is -2.20. The lowest BCUT2D eigenvalue weighted by molar-refractivity contribution is -0.996. The predicted molar refractivity (Wildman–Crippen MR) is 65.3 cm³/mol. The lowest BCUT2D eigenvalue weighted by Crippen LogP contribution is -3.01. The van der Waals surface area contributed by atoms with Crippen LogP contribution in [0.1, 0.15) is 15.9 Å². The maximum Gasteiger partial charge on any atom is 0.251 e. The van der Waals surface area contributed by atoms with E-state index in [1.807, 2.05) is 0 Å². The first-order chi connectivity index (χ1) is 8.88. The Morgan fingerprint density at radius 2 is 1.84 bits per heavy atom. The number of nitrogens with one attached hydrogen (secondary N) is 3. The van der Waals surface area contributed by atoms with Crippen molar-refractivity contribution in [3.8, 4) is 0 Å².